The van der Waals surface area contributed by atoms with Crippen molar-refractivity contribution in [3.63, 3.8) is 0 Å². The van der Waals surface area contributed by atoms with E-state index in [1.54, 1.807) is 6.20 Å². The van der Waals surface area contributed by atoms with Crippen molar-refractivity contribution in [3.8, 4) is 0 Å². The molecular weight excluding hydrogens is 332 g/mol. The molecule has 2 aliphatic rings. The fourth-order valence-electron chi connectivity index (χ4n) is 2.51. The van der Waals surface area contributed by atoms with E-state index in [1.807, 2.05) is 15.8 Å². The van der Waals surface area contributed by atoms with Crippen molar-refractivity contribution in [2.24, 2.45) is 5.73 Å². The minimum Gasteiger partial charge on any atom is -0.341 e. The van der Waals surface area contributed by atoms with Crippen LogP contribution in [-0.4, -0.2) is 39.2 Å². The van der Waals surface area contributed by atoms with Gasteiger partial charge in [-0.05, 0) is 41.6 Å². The van der Waals surface area contributed by atoms with Gasteiger partial charge in [0.15, 0.2) is 0 Å². The summed E-state index contributed by atoms with van der Waals surface area (Å²) in [4.78, 5) is 14.0. The summed E-state index contributed by atoms with van der Waals surface area (Å²) < 4.78 is 2.99. The molecule has 0 bridgehead atoms. The van der Waals surface area contributed by atoms with E-state index in [9.17, 15) is 4.79 Å². The van der Waals surface area contributed by atoms with Crippen molar-refractivity contribution in [2.45, 2.75) is 37.3 Å². The third-order valence-corrected chi connectivity index (χ3v) is 4.32. The number of carbonyl (C=O) groups excluding carboxylic acids is 1. The number of hydrogen-bond donors (Lipinski definition) is 1. The van der Waals surface area contributed by atoms with E-state index in [-0.39, 0.29) is 18.3 Å². The number of piperidine rings is 1. The summed E-state index contributed by atoms with van der Waals surface area (Å²) in [5, 5.41) is 4.31. The Hall–Kier alpha value is -0.590. The predicted molar refractivity (Wildman–Crippen MR) is 78.2 cm³/mol. The number of nitrogens with zero attached hydrogens (tertiary/aromatic N) is 3. The number of halogens is 2. The highest BCUT2D eigenvalue weighted by atomic mass is 79.9. The molecule has 5 nitrogen and oxygen atoms in total. The Bertz CT molecular complexity index is 466. The van der Waals surface area contributed by atoms with Gasteiger partial charge in [-0.25, -0.2) is 0 Å². The van der Waals surface area contributed by atoms with Crippen LogP contribution in [0.4, 0.5) is 0 Å². The summed E-state index contributed by atoms with van der Waals surface area (Å²) >= 11 is 3.40. The van der Waals surface area contributed by atoms with Crippen LogP contribution in [0.1, 0.15) is 31.7 Å². The average Bonchev–Trinajstić information content (AvgIpc) is 2.98. The van der Waals surface area contributed by atoms with Crippen molar-refractivity contribution < 1.29 is 4.79 Å². The molecule has 106 valence electrons. The standard InChI is InChI=1S/C12H17BrN4O.ClH/c13-9-7-15-17(8-9)10-1-5-16(6-2-10)11(18)12(14)3-4-12;/h7-8,10H,1-6,14H2;1H. The van der Waals surface area contributed by atoms with Crippen LogP contribution >= 0.6 is 28.3 Å². The second-order valence-corrected chi connectivity index (χ2v) is 6.23. The van der Waals surface area contributed by atoms with Gasteiger partial charge in [-0.3, -0.25) is 9.48 Å². The van der Waals surface area contributed by atoms with Crippen LogP contribution in [0.25, 0.3) is 0 Å². The Kier molecular flexibility index (Phi) is 4.23. The van der Waals surface area contributed by atoms with Gasteiger partial charge < -0.3 is 10.6 Å². The van der Waals surface area contributed by atoms with E-state index in [0.717, 1.165) is 43.2 Å². The van der Waals surface area contributed by atoms with Crippen molar-refractivity contribution in [3.05, 3.63) is 16.9 Å². The normalized spacial score (nSPS) is 21.9. The molecule has 0 spiro atoms. The quantitative estimate of drug-likeness (QED) is 0.884. The summed E-state index contributed by atoms with van der Waals surface area (Å²) in [7, 11) is 0. The summed E-state index contributed by atoms with van der Waals surface area (Å²) in [6.07, 6.45) is 7.39. The molecule has 7 heteroatoms. The van der Waals surface area contributed by atoms with Gasteiger partial charge in [0.1, 0.15) is 0 Å². The minimum absolute atomic E-state index is 0. The lowest BCUT2D eigenvalue weighted by molar-refractivity contribution is -0.134. The molecular formula is C12H18BrClN4O. The zero-order valence-electron chi connectivity index (χ0n) is 10.6. The molecule has 1 aromatic heterocycles. The Morgan fingerprint density at radius 2 is 2.05 bits per heavy atom. The topological polar surface area (TPSA) is 64.2 Å². The first kappa shape index (κ1) is 14.8. The van der Waals surface area contributed by atoms with E-state index in [0.29, 0.717) is 6.04 Å². The summed E-state index contributed by atoms with van der Waals surface area (Å²) in [6, 6.07) is 0.397. The van der Waals surface area contributed by atoms with E-state index in [2.05, 4.69) is 21.0 Å². The van der Waals surface area contributed by atoms with Crippen LogP contribution in [0, 0.1) is 0 Å². The van der Waals surface area contributed by atoms with E-state index < -0.39 is 5.54 Å². The maximum absolute atomic E-state index is 12.1. The SMILES string of the molecule is Cl.NC1(C(=O)N2CCC(n3cc(Br)cn3)CC2)CC1. The number of amides is 1. The maximum Gasteiger partial charge on any atom is 0.242 e. The lowest BCUT2D eigenvalue weighted by Crippen LogP contribution is -2.48. The van der Waals surface area contributed by atoms with Crippen molar-refractivity contribution in [1.82, 2.24) is 14.7 Å². The largest absolute Gasteiger partial charge is 0.341 e. The first-order valence-corrected chi connectivity index (χ1v) is 7.16. The molecule has 0 aromatic carbocycles. The van der Waals surface area contributed by atoms with E-state index >= 15 is 0 Å². The maximum atomic E-state index is 12.1. The van der Waals surface area contributed by atoms with Crippen molar-refractivity contribution >= 4 is 34.2 Å². The minimum atomic E-state index is -0.526. The molecule has 2 fully saturated rings. The lowest BCUT2D eigenvalue weighted by Gasteiger charge is -2.33. The number of hydrogen-bond acceptors (Lipinski definition) is 3. The number of carbonyl (C=O) groups is 1. The lowest BCUT2D eigenvalue weighted by atomic mass is 10.0. The van der Waals surface area contributed by atoms with Crippen LogP contribution < -0.4 is 5.73 Å². The molecule has 2 heterocycles. The number of rotatable bonds is 2. The third kappa shape index (κ3) is 2.95. The van der Waals surface area contributed by atoms with Crippen LogP contribution in [0.5, 0.6) is 0 Å². The fraction of sp³-hybridized carbons (Fsp3) is 0.667. The second-order valence-electron chi connectivity index (χ2n) is 5.32. The van der Waals surface area contributed by atoms with Crippen molar-refractivity contribution in [1.29, 1.82) is 0 Å². The van der Waals surface area contributed by atoms with Gasteiger partial charge in [0.25, 0.3) is 0 Å². The van der Waals surface area contributed by atoms with E-state index in [1.165, 1.54) is 0 Å². The van der Waals surface area contributed by atoms with Gasteiger partial charge in [-0.15, -0.1) is 12.4 Å². The van der Waals surface area contributed by atoms with Crippen LogP contribution in [0.15, 0.2) is 16.9 Å². The molecule has 3 rings (SSSR count). The van der Waals surface area contributed by atoms with E-state index in [4.69, 9.17) is 5.73 Å². The number of aromatic nitrogens is 2. The van der Waals surface area contributed by atoms with Crippen LogP contribution in [0.2, 0.25) is 0 Å². The smallest absolute Gasteiger partial charge is 0.242 e. The van der Waals surface area contributed by atoms with Gasteiger partial charge in [0, 0.05) is 19.3 Å². The molecule has 1 saturated heterocycles. The van der Waals surface area contributed by atoms with Crippen LogP contribution in [-0.2, 0) is 4.79 Å². The summed E-state index contributed by atoms with van der Waals surface area (Å²) in [6.45, 7) is 1.58. The molecule has 1 aliphatic carbocycles. The van der Waals surface area contributed by atoms with Gasteiger partial charge in [-0.2, -0.15) is 5.10 Å². The van der Waals surface area contributed by atoms with Gasteiger partial charge in [0.05, 0.1) is 22.3 Å². The Morgan fingerprint density at radius 3 is 2.53 bits per heavy atom. The fourth-order valence-corrected chi connectivity index (χ4v) is 2.81. The Morgan fingerprint density at radius 1 is 1.42 bits per heavy atom. The molecule has 2 N–H and O–H groups in total. The molecule has 1 amide bonds. The molecule has 0 atom stereocenters. The van der Waals surface area contributed by atoms with Gasteiger partial charge in [-0.1, -0.05) is 0 Å². The Balaban J connectivity index is 0.00000133. The second kappa shape index (κ2) is 5.42. The zero-order chi connectivity index (χ0) is 12.8. The molecule has 0 radical (unpaired) electrons. The highest BCUT2D eigenvalue weighted by Crippen LogP contribution is 2.35. The molecule has 1 aliphatic heterocycles. The first-order chi connectivity index (χ1) is 8.58. The first-order valence-electron chi connectivity index (χ1n) is 6.36. The molecule has 1 aromatic rings. The highest BCUT2D eigenvalue weighted by molar-refractivity contribution is 9.10. The number of likely N-dealkylation sites (tertiary alicyclic amines) is 1. The predicted octanol–water partition coefficient (Wildman–Crippen LogP) is 1.72. The van der Waals surface area contributed by atoms with Gasteiger partial charge in [0.2, 0.25) is 5.91 Å². The monoisotopic (exact) mass is 348 g/mol. The number of nitrogens with two attached hydrogens (primary N) is 1. The highest BCUT2D eigenvalue weighted by Gasteiger charge is 2.48. The van der Waals surface area contributed by atoms with Crippen LogP contribution in [0.3, 0.4) is 0 Å². The summed E-state index contributed by atoms with van der Waals surface area (Å²) in [5.41, 5.74) is 5.43. The van der Waals surface area contributed by atoms with Gasteiger partial charge >= 0.3 is 0 Å². The molecule has 1 saturated carbocycles. The summed E-state index contributed by atoms with van der Waals surface area (Å²) in [5.74, 6) is 0.141. The molecule has 19 heavy (non-hydrogen) atoms. The van der Waals surface area contributed by atoms with Crippen molar-refractivity contribution in [2.75, 3.05) is 13.1 Å². The molecule has 0 unspecified atom stereocenters. The average molecular weight is 350 g/mol. The Labute approximate surface area is 127 Å². The third-order valence-electron chi connectivity index (χ3n) is 3.91. The zero-order valence-corrected chi connectivity index (χ0v) is 13.0.